The van der Waals surface area contributed by atoms with Crippen LogP contribution in [-0.4, -0.2) is 18.6 Å². The molecule has 0 amide bonds. The van der Waals surface area contributed by atoms with E-state index in [2.05, 4.69) is 20.8 Å². The molecule has 3 nitrogen and oxygen atoms in total. The van der Waals surface area contributed by atoms with Crippen LogP contribution in [0.25, 0.3) is 0 Å². The second-order valence-electron chi connectivity index (χ2n) is 5.29. The number of hydrogen-bond donors (Lipinski definition) is 1. The number of nitrogens with two attached hydrogens (primary N) is 1. The summed E-state index contributed by atoms with van der Waals surface area (Å²) in [5.74, 6) is -0.0777. The Balaban J connectivity index is 3.80. The van der Waals surface area contributed by atoms with Crippen molar-refractivity contribution in [1.29, 1.82) is 0 Å². The summed E-state index contributed by atoms with van der Waals surface area (Å²) in [6.07, 6.45) is 4.34. The maximum Gasteiger partial charge on any atom is 0.306 e. The van der Waals surface area contributed by atoms with Crippen molar-refractivity contribution in [3.8, 4) is 0 Å². The van der Waals surface area contributed by atoms with Crippen molar-refractivity contribution < 1.29 is 9.53 Å². The second kappa shape index (κ2) is 7.66. The van der Waals surface area contributed by atoms with E-state index in [9.17, 15) is 4.79 Å². The Labute approximate surface area is 99.7 Å². The van der Waals surface area contributed by atoms with Crippen molar-refractivity contribution in [2.24, 2.45) is 11.1 Å². The van der Waals surface area contributed by atoms with Gasteiger partial charge >= 0.3 is 5.97 Å². The van der Waals surface area contributed by atoms with Crippen LogP contribution in [0.4, 0.5) is 0 Å². The fourth-order valence-electron chi connectivity index (χ4n) is 1.70. The number of carbonyl (C=O) groups is 1. The van der Waals surface area contributed by atoms with Gasteiger partial charge in [0.15, 0.2) is 0 Å². The Bertz CT molecular complexity index is 202. The molecule has 0 saturated heterocycles. The average molecular weight is 229 g/mol. The minimum Gasteiger partial charge on any atom is -0.463 e. The van der Waals surface area contributed by atoms with Gasteiger partial charge in [0, 0.05) is 6.42 Å². The third kappa shape index (κ3) is 7.69. The van der Waals surface area contributed by atoms with Gasteiger partial charge in [-0.15, -0.1) is 0 Å². The van der Waals surface area contributed by atoms with Crippen LogP contribution in [-0.2, 0) is 9.53 Å². The summed E-state index contributed by atoms with van der Waals surface area (Å²) in [6.45, 7) is 9.00. The molecule has 1 atom stereocenters. The van der Waals surface area contributed by atoms with Crippen LogP contribution in [0.2, 0.25) is 0 Å². The summed E-state index contributed by atoms with van der Waals surface area (Å²) in [4.78, 5) is 11.5. The molecule has 0 radical (unpaired) electrons. The average Bonchev–Trinajstić information content (AvgIpc) is 2.15. The summed E-state index contributed by atoms with van der Waals surface area (Å²) in [6, 6.07) is 0. The van der Waals surface area contributed by atoms with E-state index < -0.39 is 0 Å². The van der Waals surface area contributed by atoms with Crippen molar-refractivity contribution in [3.63, 3.8) is 0 Å². The first kappa shape index (κ1) is 15.4. The summed E-state index contributed by atoms with van der Waals surface area (Å²) >= 11 is 0. The molecule has 0 heterocycles. The highest BCUT2D eigenvalue weighted by molar-refractivity contribution is 5.69. The predicted molar refractivity (Wildman–Crippen MR) is 67.1 cm³/mol. The number of esters is 1. The van der Waals surface area contributed by atoms with Gasteiger partial charge in [0.1, 0.15) is 0 Å². The van der Waals surface area contributed by atoms with Crippen molar-refractivity contribution >= 4 is 5.97 Å². The van der Waals surface area contributed by atoms with Crippen molar-refractivity contribution in [2.75, 3.05) is 6.54 Å². The molecule has 2 N–H and O–H groups in total. The van der Waals surface area contributed by atoms with Crippen LogP contribution < -0.4 is 5.73 Å². The first-order valence-electron chi connectivity index (χ1n) is 6.31. The van der Waals surface area contributed by atoms with E-state index in [1.165, 1.54) is 0 Å². The zero-order valence-corrected chi connectivity index (χ0v) is 11.2. The number of carbonyl (C=O) groups excluding carboxylic acids is 1. The van der Waals surface area contributed by atoms with Gasteiger partial charge in [-0.25, -0.2) is 0 Å². The molecule has 0 fully saturated rings. The van der Waals surface area contributed by atoms with E-state index >= 15 is 0 Å². The molecule has 0 rings (SSSR count). The highest BCUT2D eigenvalue weighted by Gasteiger charge is 2.19. The van der Waals surface area contributed by atoms with E-state index in [1.54, 1.807) is 0 Å². The van der Waals surface area contributed by atoms with Gasteiger partial charge in [-0.2, -0.15) is 0 Å². The molecule has 16 heavy (non-hydrogen) atoms. The predicted octanol–water partition coefficient (Wildman–Crippen LogP) is 2.87. The topological polar surface area (TPSA) is 52.3 Å². The van der Waals surface area contributed by atoms with Crippen molar-refractivity contribution in [1.82, 2.24) is 0 Å². The lowest BCUT2D eigenvalue weighted by molar-refractivity contribution is -0.149. The molecule has 0 aromatic heterocycles. The van der Waals surface area contributed by atoms with Crippen LogP contribution in [0, 0.1) is 5.41 Å². The van der Waals surface area contributed by atoms with E-state index in [0.29, 0.717) is 13.0 Å². The summed E-state index contributed by atoms with van der Waals surface area (Å²) < 4.78 is 5.29. The van der Waals surface area contributed by atoms with Gasteiger partial charge in [0.05, 0.1) is 6.10 Å². The molecular formula is C13H27NO2. The first-order valence-corrected chi connectivity index (χ1v) is 6.31. The molecule has 3 heteroatoms. The van der Waals surface area contributed by atoms with Crippen LogP contribution in [0.5, 0.6) is 0 Å². The van der Waals surface area contributed by atoms with Gasteiger partial charge in [-0.05, 0) is 38.1 Å². The fraction of sp³-hybridized carbons (Fsp3) is 0.923. The smallest absolute Gasteiger partial charge is 0.306 e. The van der Waals surface area contributed by atoms with Gasteiger partial charge in [0.25, 0.3) is 0 Å². The lowest BCUT2D eigenvalue weighted by Crippen LogP contribution is -2.20. The molecule has 0 aliphatic rings. The Kier molecular flexibility index (Phi) is 7.39. The monoisotopic (exact) mass is 229 g/mol. The SMILES string of the molecule is CCCC(C)OC(=O)CCC(C)(C)CCN. The molecule has 1 unspecified atom stereocenters. The highest BCUT2D eigenvalue weighted by Crippen LogP contribution is 2.26. The lowest BCUT2D eigenvalue weighted by Gasteiger charge is -2.23. The number of ether oxygens (including phenoxy) is 1. The van der Waals surface area contributed by atoms with E-state index in [-0.39, 0.29) is 17.5 Å². The Hall–Kier alpha value is -0.570. The normalized spacial score (nSPS) is 13.6. The number of hydrogen-bond acceptors (Lipinski definition) is 3. The molecule has 0 bridgehead atoms. The van der Waals surface area contributed by atoms with Crippen molar-refractivity contribution in [2.45, 2.75) is 65.9 Å². The Morgan fingerprint density at radius 3 is 2.50 bits per heavy atom. The minimum atomic E-state index is -0.0777. The standard InChI is InChI=1S/C13H27NO2/c1-5-6-11(2)16-12(15)7-8-13(3,4)9-10-14/h11H,5-10,14H2,1-4H3. The van der Waals surface area contributed by atoms with Crippen LogP contribution >= 0.6 is 0 Å². The van der Waals surface area contributed by atoms with Crippen LogP contribution in [0.15, 0.2) is 0 Å². The third-order valence-corrected chi connectivity index (χ3v) is 2.85. The molecule has 0 aliphatic heterocycles. The highest BCUT2D eigenvalue weighted by atomic mass is 16.5. The summed E-state index contributed by atoms with van der Waals surface area (Å²) in [7, 11) is 0. The molecule has 0 saturated carbocycles. The molecule has 0 aliphatic carbocycles. The van der Waals surface area contributed by atoms with Crippen LogP contribution in [0.1, 0.15) is 59.8 Å². The molecular weight excluding hydrogens is 202 g/mol. The van der Waals surface area contributed by atoms with Crippen molar-refractivity contribution in [3.05, 3.63) is 0 Å². The summed E-state index contributed by atoms with van der Waals surface area (Å²) in [5.41, 5.74) is 5.67. The minimum absolute atomic E-state index is 0.0510. The van der Waals surface area contributed by atoms with Gasteiger partial charge in [-0.3, -0.25) is 4.79 Å². The lowest BCUT2D eigenvalue weighted by atomic mass is 9.84. The molecule has 96 valence electrons. The maximum absolute atomic E-state index is 11.5. The zero-order valence-electron chi connectivity index (χ0n) is 11.2. The Morgan fingerprint density at radius 2 is 2.00 bits per heavy atom. The van der Waals surface area contributed by atoms with Gasteiger partial charge in [-0.1, -0.05) is 27.2 Å². The quantitative estimate of drug-likeness (QED) is 0.651. The maximum atomic E-state index is 11.5. The van der Waals surface area contributed by atoms with Gasteiger partial charge in [0.2, 0.25) is 0 Å². The third-order valence-electron chi connectivity index (χ3n) is 2.85. The van der Waals surface area contributed by atoms with Crippen LogP contribution in [0.3, 0.4) is 0 Å². The Morgan fingerprint density at radius 1 is 1.38 bits per heavy atom. The summed E-state index contributed by atoms with van der Waals surface area (Å²) in [5, 5.41) is 0. The van der Waals surface area contributed by atoms with E-state index in [4.69, 9.17) is 10.5 Å². The molecule has 0 aromatic rings. The number of rotatable bonds is 8. The second-order valence-corrected chi connectivity index (χ2v) is 5.29. The van der Waals surface area contributed by atoms with E-state index in [1.807, 2.05) is 6.92 Å². The van der Waals surface area contributed by atoms with Gasteiger partial charge < -0.3 is 10.5 Å². The molecule has 0 aromatic carbocycles. The fourth-order valence-corrected chi connectivity index (χ4v) is 1.70. The molecule has 0 spiro atoms. The first-order chi connectivity index (χ1) is 7.41. The van der Waals surface area contributed by atoms with E-state index in [0.717, 1.165) is 25.7 Å². The largest absolute Gasteiger partial charge is 0.463 e. The zero-order chi connectivity index (χ0) is 12.6.